The molecule has 0 aliphatic heterocycles. The van der Waals surface area contributed by atoms with Gasteiger partial charge in [0.05, 0.1) is 10.1 Å². The smallest absolute Gasteiger partial charge is 0.308 e. The quantitative estimate of drug-likeness (QED) is 0.392. The van der Waals surface area contributed by atoms with Crippen molar-refractivity contribution in [1.29, 1.82) is 0 Å². The molecule has 0 amide bonds. The van der Waals surface area contributed by atoms with Gasteiger partial charge in [-0.15, -0.1) is 5.10 Å². The SMILES string of the molecule is CC(=O)Oc1ccccc1-c1nc2s/c(=C/c3ccc(Cl)cc3)c(=O)n2n1. The first-order valence-electron chi connectivity index (χ1n) is 7.96. The van der Waals surface area contributed by atoms with Gasteiger partial charge in [0, 0.05) is 11.9 Å². The van der Waals surface area contributed by atoms with E-state index in [0.717, 1.165) is 5.56 Å². The number of hydrogen-bond donors (Lipinski definition) is 0. The van der Waals surface area contributed by atoms with Crippen LogP contribution in [0, 0.1) is 0 Å². The summed E-state index contributed by atoms with van der Waals surface area (Å²) in [5.74, 6) is 0.240. The van der Waals surface area contributed by atoms with Gasteiger partial charge in [-0.2, -0.15) is 9.50 Å². The lowest BCUT2D eigenvalue weighted by atomic mass is 10.2. The van der Waals surface area contributed by atoms with Crippen LogP contribution in [0.4, 0.5) is 0 Å². The van der Waals surface area contributed by atoms with Crippen LogP contribution in [0.3, 0.4) is 0 Å². The molecule has 0 saturated carbocycles. The summed E-state index contributed by atoms with van der Waals surface area (Å²) < 4.78 is 6.97. The fourth-order valence-electron chi connectivity index (χ4n) is 2.55. The molecule has 2 heterocycles. The van der Waals surface area contributed by atoms with E-state index in [1.54, 1.807) is 42.5 Å². The van der Waals surface area contributed by atoms with Gasteiger partial charge in [0.25, 0.3) is 5.56 Å². The Bertz CT molecular complexity index is 1260. The highest BCUT2D eigenvalue weighted by atomic mass is 35.5. The number of rotatable bonds is 3. The van der Waals surface area contributed by atoms with E-state index >= 15 is 0 Å². The molecular weight excluding hydrogens is 386 g/mol. The summed E-state index contributed by atoms with van der Waals surface area (Å²) in [6.07, 6.45) is 1.77. The van der Waals surface area contributed by atoms with Gasteiger partial charge in [-0.25, -0.2) is 0 Å². The van der Waals surface area contributed by atoms with Crippen molar-refractivity contribution in [3.05, 3.63) is 74.0 Å². The first-order valence-corrected chi connectivity index (χ1v) is 9.15. The maximum absolute atomic E-state index is 12.6. The lowest BCUT2D eigenvalue weighted by Crippen LogP contribution is -2.23. The van der Waals surface area contributed by atoms with Crippen molar-refractivity contribution < 1.29 is 9.53 Å². The van der Waals surface area contributed by atoms with Gasteiger partial charge >= 0.3 is 5.97 Å². The van der Waals surface area contributed by atoms with E-state index in [-0.39, 0.29) is 5.56 Å². The van der Waals surface area contributed by atoms with E-state index in [0.29, 0.717) is 31.7 Å². The summed E-state index contributed by atoms with van der Waals surface area (Å²) >= 11 is 7.12. The minimum Gasteiger partial charge on any atom is -0.426 e. The lowest BCUT2D eigenvalue weighted by Gasteiger charge is -2.04. The Hall–Kier alpha value is -3.03. The molecule has 0 unspecified atom stereocenters. The second-order valence-electron chi connectivity index (χ2n) is 5.69. The van der Waals surface area contributed by atoms with E-state index in [1.165, 1.54) is 22.8 Å². The van der Waals surface area contributed by atoms with E-state index in [4.69, 9.17) is 16.3 Å². The maximum atomic E-state index is 12.6. The molecule has 6 nitrogen and oxygen atoms in total. The minimum absolute atomic E-state index is 0.256. The first kappa shape index (κ1) is 17.4. The van der Waals surface area contributed by atoms with E-state index in [1.807, 2.05) is 12.1 Å². The molecule has 0 bridgehead atoms. The summed E-state index contributed by atoms with van der Waals surface area (Å²) in [6, 6.07) is 14.1. The number of thiazole rings is 1. The zero-order valence-electron chi connectivity index (χ0n) is 14.0. The predicted octanol–water partition coefficient (Wildman–Crippen LogP) is 2.94. The Morgan fingerprint density at radius 1 is 1.19 bits per heavy atom. The van der Waals surface area contributed by atoms with Crippen molar-refractivity contribution in [3.63, 3.8) is 0 Å². The molecule has 27 heavy (non-hydrogen) atoms. The normalized spacial score (nSPS) is 11.9. The molecule has 0 fully saturated rings. The molecule has 8 heteroatoms. The molecule has 4 rings (SSSR count). The molecular formula is C19H12ClN3O3S. The molecule has 2 aromatic carbocycles. The number of carbonyl (C=O) groups excluding carboxylic acids is 1. The number of hydrogen-bond acceptors (Lipinski definition) is 6. The number of halogens is 1. The largest absolute Gasteiger partial charge is 0.426 e. The van der Waals surface area contributed by atoms with Gasteiger partial charge in [-0.05, 0) is 35.9 Å². The van der Waals surface area contributed by atoms with Gasteiger partial charge < -0.3 is 4.74 Å². The third kappa shape index (κ3) is 3.47. The second-order valence-corrected chi connectivity index (χ2v) is 7.13. The minimum atomic E-state index is -0.437. The number of carbonyl (C=O) groups is 1. The summed E-state index contributed by atoms with van der Waals surface area (Å²) in [4.78, 5) is 28.8. The molecule has 0 atom stereocenters. The standard InChI is InChI=1S/C19H12ClN3O3S/c1-11(24)26-15-5-3-2-4-14(15)17-21-19-23(22-17)18(25)16(27-19)10-12-6-8-13(20)9-7-12/h2-10H,1H3/b16-10+. The van der Waals surface area contributed by atoms with Crippen molar-refractivity contribution in [2.45, 2.75) is 6.92 Å². The van der Waals surface area contributed by atoms with Gasteiger partial charge in [0.15, 0.2) is 5.82 Å². The summed E-state index contributed by atoms with van der Waals surface area (Å²) in [5.41, 5.74) is 1.15. The summed E-state index contributed by atoms with van der Waals surface area (Å²) in [5, 5.41) is 4.93. The van der Waals surface area contributed by atoms with Crippen molar-refractivity contribution in [2.75, 3.05) is 0 Å². The van der Waals surface area contributed by atoms with Crippen LogP contribution in [0.2, 0.25) is 5.02 Å². The van der Waals surface area contributed by atoms with Crippen LogP contribution in [0.1, 0.15) is 12.5 Å². The Morgan fingerprint density at radius 2 is 1.93 bits per heavy atom. The number of nitrogens with zero attached hydrogens (tertiary/aromatic N) is 3. The summed E-state index contributed by atoms with van der Waals surface area (Å²) in [7, 11) is 0. The van der Waals surface area contributed by atoms with Crippen LogP contribution in [0.15, 0.2) is 53.3 Å². The molecule has 4 aromatic rings. The molecule has 134 valence electrons. The molecule has 0 aliphatic carbocycles. The highest BCUT2D eigenvalue weighted by Gasteiger charge is 2.16. The van der Waals surface area contributed by atoms with Crippen LogP contribution in [0.5, 0.6) is 5.75 Å². The first-order chi connectivity index (χ1) is 13.0. The van der Waals surface area contributed by atoms with Crippen LogP contribution >= 0.6 is 22.9 Å². The van der Waals surface area contributed by atoms with Gasteiger partial charge in [-0.1, -0.05) is 47.2 Å². The Morgan fingerprint density at radius 3 is 2.63 bits per heavy atom. The number of ether oxygens (including phenoxy) is 1. The van der Waals surface area contributed by atoms with Crippen LogP contribution in [-0.4, -0.2) is 20.6 Å². The van der Waals surface area contributed by atoms with Gasteiger partial charge in [0.1, 0.15) is 5.75 Å². The van der Waals surface area contributed by atoms with Gasteiger partial charge in [-0.3, -0.25) is 9.59 Å². The molecule has 0 N–H and O–H groups in total. The van der Waals surface area contributed by atoms with Crippen molar-refractivity contribution in [2.24, 2.45) is 0 Å². The lowest BCUT2D eigenvalue weighted by molar-refractivity contribution is -0.131. The highest BCUT2D eigenvalue weighted by molar-refractivity contribution is 7.15. The highest BCUT2D eigenvalue weighted by Crippen LogP contribution is 2.27. The van der Waals surface area contributed by atoms with Crippen molar-refractivity contribution in [3.8, 4) is 17.1 Å². The fourth-order valence-corrected chi connectivity index (χ4v) is 3.59. The zero-order chi connectivity index (χ0) is 19.0. The number of esters is 1. The molecule has 0 spiro atoms. The van der Waals surface area contributed by atoms with E-state index in [2.05, 4.69) is 10.1 Å². The average Bonchev–Trinajstić information content (AvgIpc) is 3.17. The van der Waals surface area contributed by atoms with Crippen molar-refractivity contribution >= 4 is 39.9 Å². The second kappa shape index (κ2) is 6.94. The predicted molar refractivity (Wildman–Crippen MR) is 104 cm³/mol. The van der Waals surface area contributed by atoms with E-state index in [9.17, 15) is 9.59 Å². The van der Waals surface area contributed by atoms with Crippen LogP contribution in [-0.2, 0) is 4.79 Å². The Kier molecular flexibility index (Phi) is 4.47. The number of aromatic nitrogens is 3. The zero-order valence-corrected chi connectivity index (χ0v) is 15.6. The van der Waals surface area contributed by atoms with E-state index < -0.39 is 5.97 Å². The third-order valence-corrected chi connectivity index (χ3v) is 4.94. The Balaban J connectivity index is 1.79. The third-order valence-electron chi connectivity index (χ3n) is 3.73. The molecule has 0 radical (unpaired) electrons. The topological polar surface area (TPSA) is 73.6 Å². The molecule has 0 aliphatic rings. The maximum Gasteiger partial charge on any atom is 0.308 e. The number of benzene rings is 2. The summed E-state index contributed by atoms with van der Waals surface area (Å²) in [6.45, 7) is 1.32. The van der Waals surface area contributed by atoms with Crippen LogP contribution < -0.4 is 14.8 Å². The monoisotopic (exact) mass is 397 g/mol. The fraction of sp³-hybridized carbons (Fsp3) is 0.0526. The number of fused-ring (bicyclic) bond motifs is 1. The van der Waals surface area contributed by atoms with Crippen molar-refractivity contribution in [1.82, 2.24) is 14.6 Å². The molecule has 2 aromatic heterocycles. The average molecular weight is 398 g/mol. The number of para-hydroxylation sites is 1. The Labute approximate surface area is 162 Å². The van der Waals surface area contributed by atoms with Gasteiger partial charge in [0.2, 0.25) is 4.96 Å². The van der Waals surface area contributed by atoms with Crippen LogP contribution in [0.25, 0.3) is 22.4 Å². The molecule has 0 saturated heterocycles.